The predicted molar refractivity (Wildman–Crippen MR) is 61.5 cm³/mol. The monoisotopic (exact) mass is 256 g/mol. The van der Waals surface area contributed by atoms with E-state index in [9.17, 15) is 18.0 Å². The fourth-order valence-corrected chi connectivity index (χ4v) is 1.45. The van der Waals surface area contributed by atoms with Gasteiger partial charge < -0.3 is 4.74 Å². The summed E-state index contributed by atoms with van der Waals surface area (Å²) in [5.41, 5.74) is -0.696. The minimum atomic E-state index is -3.43. The molecule has 0 amide bonds. The molecule has 2 radical (unpaired) electrons. The topological polar surface area (TPSA) is 26.3 Å². The third kappa shape index (κ3) is 3.79. The van der Waals surface area contributed by atoms with E-state index in [0.717, 1.165) is 12.1 Å². The summed E-state index contributed by atoms with van der Waals surface area (Å²) in [4.78, 5) is 11.0. The Labute approximate surface area is 105 Å². The van der Waals surface area contributed by atoms with Crippen LogP contribution < -0.4 is 5.46 Å². The van der Waals surface area contributed by atoms with Crippen molar-refractivity contribution in [3.8, 4) is 0 Å². The van der Waals surface area contributed by atoms with Crippen molar-refractivity contribution >= 4 is 19.3 Å². The van der Waals surface area contributed by atoms with E-state index < -0.39 is 36.1 Å². The van der Waals surface area contributed by atoms with E-state index in [1.807, 2.05) is 0 Å². The summed E-state index contributed by atoms with van der Waals surface area (Å²) in [6, 6.07) is 2.94. The molecule has 0 spiro atoms. The molecule has 1 aromatic rings. The zero-order valence-electron chi connectivity index (χ0n) is 9.88. The molecule has 0 heterocycles. The minimum absolute atomic E-state index is 0.0671. The molecule has 0 aromatic heterocycles. The zero-order valence-corrected chi connectivity index (χ0v) is 9.88. The van der Waals surface area contributed by atoms with Crippen molar-refractivity contribution in [1.82, 2.24) is 0 Å². The van der Waals surface area contributed by atoms with Crippen molar-refractivity contribution in [3.05, 3.63) is 29.6 Å². The molecule has 1 aromatic carbocycles. The lowest BCUT2D eigenvalue weighted by atomic mass is 9.92. The van der Waals surface area contributed by atoms with Crippen LogP contribution in [-0.2, 0) is 15.5 Å². The number of carbonyl (C=O) groups excluding carboxylic acids is 1. The first kappa shape index (κ1) is 14.6. The van der Waals surface area contributed by atoms with Gasteiger partial charge in [0.2, 0.25) is 0 Å². The number of hydrogen-bond acceptors (Lipinski definition) is 2. The lowest BCUT2D eigenvalue weighted by molar-refractivity contribution is -0.145. The van der Waals surface area contributed by atoms with Crippen molar-refractivity contribution in [2.75, 3.05) is 6.61 Å². The van der Waals surface area contributed by atoms with Gasteiger partial charge in [-0.1, -0.05) is 17.6 Å². The molecule has 0 aliphatic carbocycles. The van der Waals surface area contributed by atoms with Gasteiger partial charge in [-0.15, -0.1) is 0 Å². The molecule has 1 rings (SSSR count). The number of halogens is 3. The molecule has 0 unspecified atom stereocenters. The van der Waals surface area contributed by atoms with Crippen molar-refractivity contribution in [3.63, 3.8) is 0 Å². The van der Waals surface area contributed by atoms with Gasteiger partial charge in [0.15, 0.2) is 0 Å². The van der Waals surface area contributed by atoms with Crippen LogP contribution in [0.15, 0.2) is 18.2 Å². The van der Waals surface area contributed by atoms with Crippen LogP contribution >= 0.6 is 0 Å². The van der Waals surface area contributed by atoms with Crippen molar-refractivity contribution in [2.45, 2.75) is 25.7 Å². The zero-order chi connectivity index (χ0) is 13.8. The van der Waals surface area contributed by atoms with E-state index >= 15 is 0 Å². The molecule has 0 bridgehead atoms. The maximum absolute atomic E-state index is 13.7. The fourth-order valence-electron chi connectivity index (χ4n) is 1.45. The van der Waals surface area contributed by atoms with Crippen molar-refractivity contribution in [2.24, 2.45) is 0 Å². The van der Waals surface area contributed by atoms with Gasteiger partial charge in [0.05, 0.1) is 18.6 Å². The van der Waals surface area contributed by atoms with Gasteiger partial charge in [0.1, 0.15) is 13.7 Å². The molecular formula is C12H12BF3O2. The average molecular weight is 256 g/mol. The lowest BCUT2D eigenvalue weighted by Gasteiger charge is -2.17. The van der Waals surface area contributed by atoms with Gasteiger partial charge in [-0.2, -0.15) is 0 Å². The number of hydrogen-bond donors (Lipinski definition) is 0. The Morgan fingerprint density at radius 3 is 2.67 bits per heavy atom. The van der Waals surface area contributed by atoms with E-state index in [0.29, 0.717) is 0 Å². The normalized spacial score (nSPS) is 11.3. The third-order valence-corrected chi connectivity index (χ3v) is 2.34. The molecule has 6 heteroatoms. The summed E-state index contributed by atoms with van der Waals surface area (Å²) in [7, 11) is 5.27. The first-order valence-electron chi connectivity index (χ1n) is 5.45. The summed E-state index contributed by atoms with van der Waals surface area (Å²) >= 11 is 0. The van der Waals surface area contributed by atoms with E-state index in [1.54, 1.807) is 6.92 Å². The Morgan fingerprint density at radius 1 is 1.44 bits per heavy atom. The van der Waals surface area contributed by atoms with Crippen LogP contribution in [0.2, 0.25) is 0 Å². The van der Waals surface area contributed by atoms with E-state index in [2.05, 4.69) is 4.74 Å². The van der Waals surface area contributed by atoms with Crippen LogP contribution in [0.5, 0.6) is 0 Å². The summed E-state index contributed by atoms with van der Waals surface area (Å²) in [5.74, 6) is -5.23. The molecule has 96 valence electrons. The Bertz CT molecular complexity index is 435. The first-order valence-corrected chi connectivity index (χ1v) is 5.45. The van der Waals surface area contributed by atoms with Gasteiger partial charge in [0.25, 0.3) is 5.92 Å². The van der Waals surface area contributed by atoms with E-state index in [4.69, 9.17) is 7.85 Å². The second kappa shape index (κ2) is 5.93. The summed E-state index contributed by atoms with van der Waals surface area (Å²) in [5, 5.41) is 0. The molecule has 0 saturated carbocycles. The molecule has 2 nitrogen and oxygen atoms in total. The highest BCUT2D eigenvalue weighted by atomic mass is 19.3. The van der Waals surface area contributed by atoms with Gasteiger partial charge in [-0.3, -0.25) is 4.79 Å². The number of esters is 1. The van der Waals surface area contributed by atoms with Crippen LogP contribution in [-0.4, -0.2) is 20.4 Å². The molecule has 0 atom stereocenters. The maximum atomic E-state index is 13.7. The molecule has 0 aliphatic heterocycles. The molecule has 0 aliphatic rings. The Morgan fingerprint density at radius 2 is 2.11 bits per heavy atom. The second-order valence-corrected chi connectivity index (χ2v) is 3.75. The largest absolute Gasteiger partial charge is 0.466 e. The molecule has 18 heavy (non-hydrogen) atoms. The maximum Gasteiger partial charge on any atom is 0.306 e. The highest BCUT2D eigenvalue weighted by Crippen LogP contribution is 2.34. The minimum Gasteiger partial charge on any atom is -0.466 e. The van der Waals surface area contributed by atoms with Crippen LogP contribution in [0.4, 0.5) is 13.2 Å². The molecular weight excluding hydrogens is 244 g/mol. The van der Waals surface area contributed by atoms with Crippen molar-refractivity contribution in [1.29, 1.82) is 0 Å². The van der Waals surface area contributed by atoms with Crippen LogP contribution in [0.25, 0.3) is 0 Å². The second-order valence-electron chi connectivity index (χ2n) is 3.75. The smallest absolute Gasteiger partial charge is 0.306 e. The summed E-state index contributed by atoms with van der Waals surface area (Å²) in [6.45, 7) is 1.70. The molecule has 0 fully saturated rings. The van der Waals surface area contributed by atoms with Crippen LogP contribution in [0, 0.1) is 5.82 Å². The first-order chi connectivity index (χ1) is 8.36. The average Bonchev–Trinajstić information content (AvgIpc) is 2.26. The Hall–Kier alpha value is -1.46. The van der Waals surface area contributed by atoms with Crippen LogP contribution in [0.1, 0.15) is 25.3 Å². The van der Waals surface area contributed by atoms with Crippen molar-refractivity contribution < 1.29 is 22.7 Å². The summed E-state index contributed by atoms with van der Waals surface area (Å²) in [6.07, 6.45) is -1.27. The number of benzene rings is 1. The number of alkyl halides is 2. The third-order valence-electron chi connectivity index (χ3n) is 2.34. The highest BCUT2D eigenvalue weighted by Gasteiger charge is 2.34. The molecule has 0 saturated heterocycles. The van der Waals surface area contributed by atoms with E-state index in [1.165, 1.54) is 6.07 Å². The number of ether oxygens (including phenoxy) is 1. The fraction of sp³-hybridized carbons (Fsp3) is 0.417. The lowest BCUT2D eigenvalue weighted by Crippen LogP contribution is -2.19. The van der Waals surface area contributed by atoms with Gasteiger partial charge in [-0.25, -0.2) is 13.2 Å². The van der Waals surface area contributed by atoms with E-state index in [-0.39, 0.29) is 12.1 Å². The van der Waals surface area contributed by atoms with Gasteiger partial charge in [-0.05, 0) is 13.0 Å². The number of rotatable bonds is 5. The SMILES string of the molecule is [B]c1ccc(C(F)(F)CCC(=O)OCC)c(F)c1. The standard InChI is InChI=1S/C12H12BF3O2/c1-2-18-11(17)5-6-12(15,16)9-4-3-8(13)7-10(9)14/h3-4,7H,2,5-6H2,1H3. The number of carbonyl (C=O) groups is 1. The quantitative estimate of drug-likeness (QED) is 0.595. The molecule has 0 N–H and O–H groups in total. The van der Waals surface area contributed by atoms with Gasteiger partial charge in [0, 0.05) is 6.42 Å². The summed E-state index contributed by atoms with van der Waals surface area (Å²) < 4.78 is 45.2. The Balaban J connectivity index is 2.76. The predicted octanol–water partition coefficient (Wildman–Crippen LogP) is 2.05. The Kier molecular flexibility index (Phi) is 4.81. The van der Waals surface area contributed by atoms with Crippen LogP contribution in [0.3, 0.4) is 0 Å². The van der Waals surface area contributed by atoms with Gasteiger partial charge >= 0.3 is 5.97 Å². The highest BCUT2D eigenvalue weighted by molar-refractivity contribution is 6.32.